The van der Waals surface area contributed by atoms with Gasteiger partial charge in [-0.25, -0.2) is 4.79 Å². The van der Waals surface area contributed by atoms with Gasteiger partial charge in [-0.3, -0.25) is 24.3 Å². The van der Waals surface area contributed by atoms with Crippen LogP contribution in [0.25, 0.3) is 0 Å². The monoisotopic (exact) mass is 311 g/mol. The summed E-state index contributed by atoms with van der Waals surface area (Å²) in [5.74, 6) is -1.68. The van der Waals surface area contributed by atoms with E-state index >= 15 is 0 Å². The number of hydrogen-bond acceptors (Lipinski definition) is 6. The minimum Gasteiger partial charge on any atom is -0.479 e. The summed E-state index contributed by atoms with van der Waals surface area (Å²) >= 11 is 0. The van der Waals surface area contributed by atoms with Gasteiger partial charge in [0.15, 0.2) is 6.10 Å². The number of nitrogens with zero attached hydrogens (tertiary/aromatic N) is 3. The molecule has 0 bridgehead atoms. The standard InChI is InChI=1S/C12H13N3O7/c16-10-2-1-8(15(20)21)5-14(10)7-11(17)13-3-4-22-9(6-13)12(18)19/h1-2,5,9H,3-4,6-7H2,(H,18,19). The van der Waals surface area contributed by atoms with Gasteiger partial charge in [-0.05, 0) is 0 Å². The number of carbonyl (C=O) groups excluding carboxylic acids is 1. The molecule has 10 heteroatoms. The molecule has 1 aromatic heterocycles. The molecule has 22 heavy (non-hydrogen) atoms. The van der Waals surface area contributed by atoms with Crippen LogP contribution < -0.4 is 5.56 Å². The predicted molar refractivity (Wildman–Crippen MR) is 71.3 cm³/mol. The van der Waals surface area contributed by atoms with E-state index in [-0.39, 0.29) is 25.4 Å². The van der Waals surface area contributed by atoms with Gasteiger partial charge in [0.2, 0.25) is 5.91 Å². The summed E-state index contributed by atoms with van der Waals surface area (Å²) in [4.78, 5) is 45.9. The molecule has 1 amide bonds. The summed E-state index contributed by atoms with van der Waals surface area (Å²) in [7, 11) is 0. The molecule has 2 rings (SSSR count). The van der Waals surface area contributed by atoms with E-state index in [9.17, 15) is 24.5 Å². The Balaban J connectivity index is 2.11. The second-order valence-corrected chi connectivity index (χ2v) is 4.65. The number of aliphatic carboxylic acids is 1. The molecule has 0 aliphatic carbocycles. The van der Waals surface area contributed by atoms with Crippen molar-refractivity contribution in [3.63, 3.8) is 0 Å². The lowest BCUT2D eigenvalue weighted by atomic mass is 10.2. The maximum atomic E-state index is 12.1. The first kappa shape index (κ1) is 15.6. The Labute approximate surface area is 123 Å². The van der Waals surface area contributed by atoms with E-state index in [0.29, 0.717) is 0 Å². The summed E-state index contributed by atoms with van der Waals surface area (Å²) < 4.78 is 5.92. The Morgan fingerprint density at radius 1 is 1.45 bits per heavy atom. The first-order valence-electron chi connectivity index (χ1n) is 6.35. The van der Waals surface area contributed by atoms with Crippen LogP contribution in [0.3, 0.4) is 0 Å². The van der Waals surface area contributed by atoms with E-state index in [0.717, 1.165) is 22.9 Å². The Morgan fingerprint density at radius 3 is 2.82 bits per heavy atom. The normalized spacial score (nSPS) is 18.0. The SMILES string of the molecule is O=C(O)C1CN(C(=O)Cn2cc([N+](=O)[O-])ccc2=O)CCO1. The molecule has 1 fully saturated rings. The molecule has 1 aliphatic heterocycles. The van der Waals surface area contributed by atoms with Crippen molar-refractivity contribution in [2.45, 2.75) is 12.6 Å². The third-order valence-electron chi connectivity index (χ3n) is 3.18. The van der Waals surface area contributed by atoms with Crippen LogP contribution in [0.15, 0.2) is 23.1 Å². The van der Waals surface area contributed by atoms with Crippen molar-refractivity contribution in [2.24, 2.45) is 0 Å². The van der Waals surface area contributed by atoms with Crippen LogP contribution in [0, 0.1) is 10.1 Å². The fourth-order valence-corrected chi connectivity index (χ4v) is 2.02. The number of ether oxygens (including phenoxy) is 1. The zero-order valence-corrected chi connectivity index (χ0v) is 11.4. The van der Waals surface area contributed by atoms with Crippen LogP contribution in [0.1, 0.15) is 0 Å². The maximum absolute atomic E-state index is 12.1. The molecule has 0 saturated carbocycles. The van der Waals surface area contributed by atoms with E-state index in [1.807, 2.05) is 0 Å². The fourth-order valence-electron chi connectivity index (χ4n) is 2.02. The number of pyridine rings is 1. The van der Waals surface area contributed by atoms with Crippen molar-refractivity contribution in [2.75, 3.05) is 19.7 Å². The highest BCUT2D eigenvalue weighted by Gasteiger charge is 2.29. The second kappa shape index (κ2) is 6.35. The summed E-state index contributed by atoms with van der Waals surface area (Å²) in [5.41, 5.74) is -0.861. The molecule has 0 radical (unpaired) electrons. The minimum absolute atomic E-state index is 0.0759. The van der Waals surface area contributed by atoms with Gasteiger partial charge >= 0.3 is 5.97 Å². The van der Waals surface area contributed by atoms with Gasteiger partial charge < -0.3 is 14.7 Å². The highest BCUT2D eigenvalue weighted by molar-refractivity contribution is 5.78. The van der Waals surface area contributed by atoms with Gasteiger partial charge in [0.1, 0.15) is 6.54 Å². The quantitative estimate of drug-likeness (QED) is 0.561. The van der Waals surface area contributed by atoms with Gasteiger partial charge in [-0.15, -0.1) is 0 Å². The van der Waals surface area contributed by atoms with Crippen LogP contribution in [-0.2, 0) is 20.9 Å². The number of rotatable bonds is 4. The number of aromatic nitrogens is 1. The van der Waals surface area contributed by atoms with E-state index in [1.54, 1.807) is 0 Å². The number of morpholine rings is 1. The lowest BCUT2D eigenvalue weighted by Gasteiger charge is -2.31. The predicted octanol–water partition coefficient (Wildman–Crippen LogP) is -0.931. The van der Waals surface area contributed by atoms with Crippen molar-refractivity contribution in [3.05, 3.63) is 38.8 Å². The number of carbonyl (C=O) groups is 2. The molecule has 118 valence electrons. The van der Waals surface area contributed by atoms with Crippen molar-refractivity contribution in [3.8, 4) is 0 Å². The third-order valence-corrected chi connectivity index (χ3v) is 3.18. The van der Waals surface area contributed by atoms with Gasteiger partial charge in [0, 0.05) is 18.7 Å². The Kier molecular flexibility index (Phi) is 4.51. The summed E-state index contributed by atoms with van der Waals surface area (Å²) in [6.45, 7) is -0.246. The molecule has 10 nitrogen and oxygen atoms in total. The first-order valence-corrected chi connectivity index (χ1v) is 6.35. The van der Waals surface area contributed by atoms with Crippen LogP contribution in [0.4, 0.5) is 5.69 Å². The molecule has 1 aliphatic rings. The van der Waals surface area contributed by atoms with Gasteiger partial charge in [0.05, 0.1) is 24.3 Å². The van der Waals surface area contributed by atoms with Crippen molar-refractivity contribution < 1.29 is 24.4 Å². The Morgan fingerprint density at radius 2 is 2.18 bits per heavy atom. The van der Waals surface area contributed by atoms with Gasteiger partial charge in [-0.1, -0.05) is 0 Å². The van der Waals surface area contributed by atoms with Gasteiger partial charge in [-0.2, -0.15) is 0 Å². The molecule has 1 atom stereocenters. The van der Waals surface area contributed by atoms with Crippen LogP contribution in [0.2, 0.25) is 0 Å². The largest absolute Gasteiger partial charge is 0.479 e. The Hall–Kier alpha value is -2.75. The smallest absolute Gasteiger partial charge is 0.334 e. The molecule has 1 unspecified atom stereocenters. The highest BCUT2D eigenvalue weighted by Crippen LogP contribution is 2.09. The second-order valence-electron chi connectivity index (χ2n) is 4.65. The molecular weight excluding hydrogens is 298 g/mol. The molecule has 1 saturated heterocycles. The average Bonchev–Trinajstić information content (AvgIpc) is 2.49. The Bertz CT molecular complexity index is 669. The topological polar surface area (TPSA) is 132 Å². The number of carboxylic acid groups (broad SMARTS) is 1. The number of nitro groups is 1. The molecule has 2 heterocycles. The highest BCUT2D eigenvalue weighted by atomic mass is 16.6. The lowest BCUT2D eigenvalue weighted by Crippen LogP contribution is -2.49. The lowest BCUT2D eigenvalue weighted by molar-refractivity contribution is -0.385. The van der Waals surface area contributed by atoms with E-state index in [1.165, 1.54) is 4.90 Å². The molecular formula is C12H13N3O7. The summed E-state index contributed by atoms with van der Waals surface area (Å²) in [5, 5.41) is 19.6. The zero-order chi connectivity index (χ0) is 16.3. The van der Waals surface area contributed by atoms with Crippen molar-refractivity contribution >= 4 is 17.6 Å². The molecule has 1 aromatic rings. The average molecular weight is 311 g/mol. The van der Waals surface area contributed by atoms with Gasteiger partial charge in [0.25, 0.3) is 11.2 Å². The van der Waals surface area contributed by atoms with E-state index < -0.39 is 35.0 Å². The number of amides is 1. The summed E-state index contributed by atoms with van der Waals surface area (Å²) in [6.07, 6.45) is -0.130. The zero-order valence-electron chi connectivity index (χ0n) is 11.4. The van der Waals surface area contributed by atoms with Crippen molar-refractivity contribution in [1.29, 1.82) is 0 Å². The third kappa shape index (κ3) is 3.47. The number of hydrogen-bond donors (Lipinski definition) is 1. The molecule has 1 N–H and O–H groups in total. The van der Waals surface area contributed by atoms with Crippen molar-refractivity contribution in [1.82, 2.24) is 9.47 Å². The first-order chi connectivity index (χ1) is 10.4. The summed E-state index contributed by atoms with van der Waals surface area (Å²) in [6, 6.07) is 2.06. The maximum Gasteiger partial charge on any atom is 0.334 e. The molecule has 0 spiro atoms. The van der Waals surface area contributed by atoms with Crippen LogP contribution >= 0.6 is 0 Å². The van der Waals surface area contributed by atoms with E-state index in [4.69, 9.17) is 9.84 Å². The number of carboxylic acids is 1. The van der Waals surface area contributed by atoms with Crippen LogP contribution in [0.5, 0.6) is 0 Å². The minimum atomic E-state index is -1.18. The fraction of sp³-hybridized carbons (Fsp3) is 0.417. The van der Waals surface area contributed by atoms with E-state index in [2.05, 4.69) is 0 Å². The molecule has 0 aromatic carbocycles. The van der Waals surface area contributed by atoms with Crippen LogP contribution in [-0.4, -0.2) is 57.2 Å².